The summed E-state index contributed by atoms with van der Waals surface area (Å²) in [5.74, 6) is 0. The predicted octanol–water partition coefficient (Wildman–Crippen LogP) is 5.40. The minimum atomic E-state index is -1.13. The fourth-order valence-electron chi connectivity index (χ4n) is 3.99. The van der Waals surface area contributed by atoms with Crippen LogP contribution in [0.2, 0.25) is 0 Å². The largest absolute Gasteiger partial charge is 0.342 e. The van der Waals surface area contributed by atoms with Crippen molar-refractivity contribution in [1.29, 1.82) is 0 Å². The van der Waals surface area contributed by atoms with Crippen LogP contribution in [0.15, 0.2) is 9.79 Å². The summed E-state index contributed by atoms with van der Waals surface area (Å²) in [6, 6.07) is 0. The van der Waals surface area contributed by atoms with Crippen LogP contribution in [-0.2, 0) is 10.8 Å². The van der Waals surface area contributed by atoms with Crippen LogP contribution >= 0.6 is 0 Å². The first kappa shape index (κ1) is 17.2. The second-order valence-electron chi connectivity index (χ2n) is 7.18. The van der Waals surface area contributed by atoms with Gasteiger partial charge in [-0.25, -0.2) is 4.21 Å². The molecule has 0 spiro atoms. The summed E-state index contributed by atoms with van der Waals surface area (Å²) in [4.78, 5) is 4.27. The summed E-state index contributed by atoms with van der Waals surface area (Å²) in [7, 11) is 0.988. The summed E-state index contributed by atoms with van der Waals surface area (Å²) in [5, 5.41) is 0. The zero-order valence-electron chi connectivity index (χ0n) is 16.3. The lowest BCUT2D eigenvalue weighted by Crippen LogP contribution is -2.25. The molecule has 0 amide bonds. The van der Waals surface area contributed by atoms with E-state index in [1.807, 2.05) is 0 Å². The second-order valence-corrected chi connectivity index (χ2v) is 8.54. The van der Waals surface area contributed by atoms with Gasteiger partial charge >= 0.3 is 0 Å². The number of nitrogens with zero attached hydrogens (tertiary/aromatic N) is 1. The number of fused-ring (bicyclic) bond motifs is 2. The molecule has 3 rings (SSSR count). The molecule has 0 aliphatic carbocycles. The Morgan fingerprint density at radius 3 is 1.17 bits per heavy atom. The zero-order valence-corrected chi connectivity index (χ0v) is 17.1. The molecule has 1 aliphatic heterocycles. The molecule has 0 saturated carbocycles. The van der Waals surface area contributed by atoms with Gasteiger partial charge in [-0.15, -0.1) is 0 Å². The van der Waals surface area contributed by atoms with Crippen LogP contribution in [0.1, 0.15) is 44.5 Å². The lowest BCUT2D eigenvalue weighted by molar-refractivity contribution is 0.680. The monoisotopic (exact) mass is 341 g/mol. The molecule has 2 aromatic carbocycles. The van der Waals surface area contributed by atoms with E-state index >= 15 is 0 Å². The Balaban J connectivity index is 2.51. The van der Waals surface area contributed by atoms with Crippen molar-refractivity contribution in [3.8, 4) is 0 Å². The van der Waals surface area contributed by atoms with Gasteiger partial charge in [0.2, 0.25) is 0 Å². The van der Waals surface area contributed by atoms with E-state index in [0.717, 1.165) is 21.2 Å². The molecule has 0 fully saturated rings. The van der Waals surface area contributed by atoms with Crippen molar-refractivity contribution in [2.45, 2.75) is 65.2 Å². The summed E-state index contributed by atoms with van der Waals surface area (Å²) in [5.41, 5.74) is 12.2. The van der Waals surface area contributed by atoms with Crippen molar-refractivity contribution < 1.29 is 4.21 Å². The molecule has 24 heavy (non-hydrogen) atoms. The molecular weight excluding hydrogens is 314 g/mol. The summed E-state index contributed by atoms with van der Waals surface area (Å²) < 4.78 is 13.6. The first-order valence-corrected chi connectivity index (χ1v) is 9.62. The maximum atomic E-state index is 13.6. The average Bonchev–Trinajstić information content (AvgIpc) is 2.55. The van der Waals surface area contributed by atoms with E-state index in [-0.39, 0.29) is 0 Å². The van der Waals surface area contributed by atoms with Crippen LogP contribution in [0.25, 0.3) is 0 Å². The second kappa shape index (κ2) is 5.45. The van der Waals surface area contributed by atoms with Crippen LogP contribution in [0, 0.1) is 55.4 Å². The van der Waals surface area contributed by atoms with Crippen molar-refractivity contribution >= 4 is 22.2 Å². The summed E-state index contributed by atoms with van der Waals surface area (Å²) in [6.07, 6.45) is 0. The van der Waals surface area contributed by atoms with Crippen LogP contribution < -0.4 is 4.90 Å². The normalized spacial score (nSPS) is 14.0. The molecule has 0 bridgehead atoms. The van der Waals surface area contributed by atoms with Gasteiger partial charge in [0.25, 0.3) is 0 Å². The fourth-order valence-corrected chi connectivity index (χ4v) is 5.99. The number of benzene rings is 2. The third kappa shape index (κ3) is 1.97. The smallest absolute Gasteiger partial charge is 0.0898 e. The van der Waals surface area contributed by atoms with Crippen LogP contribution in [0.5, 0.6) is 0 Å². The SMILES string of the molecule is Cc1c(C)c(C)c2c(c1C)N(C)c1c(C)c(C)c(C)c(C)c1S2=O. The van der Waals surface area contributed by atoms with Gasteiger partial charge in [0, 0.05) is 7.05 Å². The molecule has 1 heterocycles. The number of anilines is 2. The zero-order chi connectivity index (χ0) is 18.1. The molecule has 2 nitrogen and oxygen atoms in total. The third-order valence-corrected chi connectivity index (χ3v) is 7.98. The molecule has 0 N–H and O–H groups in total. The van der Waals surface area contributed by atoms with Crippen LogP contribution in [-0.4, -0.2) is 11.3 Å². The van der Waals surface area contributed by atoms with Gasteiger partial charge in [-0.05, 0) is 99.9 Å². The standard InChI is InChI=1S/C21H27NOS/c1-10-12(3)16(7)20-18(14(10)5)22(9)19-15(6)11(2)13(4)17(8)21(19)24(20)23/h1-9H3. The highest BCUT2D eigenvalue weighted by Crippen LogP contribution is 2.49. The molecule has 0 saturated heterocycles. The molecule has 0 aromatic heterocycles. The number of hydrogen-bond donors (Lipinski definition) is 0. The predicted molar refractivity (Wildman–Crippen MR) is 104 cm³/mol. The van der Waals surface area contributed by atoms with Gasteiger partial charge in [-0.2, -0.15) is 0 Å². The Labute approximate surface area is 148 Å². The molecule has 3 heteroatoms. The Hall–Kier alpha value is -1.61. The van der Waals surface area contributed by atoms with Gasteiger partial charge in [-0.1, -0.05) is 0 Å². The van der Waals surface area contributed by atoms with E-state index in [0.29, 0.717) is 0 Å². The maximum Gasteiger partial charge on any atom is 0.0898 e. The highest BCUT2D eigenvalue weighted by Gasteiger charge is 2.34. The van der Waals surface area contributed by atoms with Crippen molar-refractivity contribution in [2.24, 2.45) is 0 Å². The molecule has 128 valence electrons. The number of rotatable bonds is 0. The van der Waals surface area contributed by atoms with Crippen molar-refractivity contribution in [3.63, 3.8) is 0 Å². The maximum absolute atomic E-state index is 13.6. The van der Waals surface area contributed by atoms with Crippen molar-refractivity contribution in [2.75, 3.05) is 11.9 Å². The minimum absolute atomic E-state index is 0.997. The Bertz CT molecular complexity index is 851. The number of hydrogen-bond acceptors (Lipinski definition) is 2. The summed E-state index contributed by atoms with van der Waals surface area (Å²) >= 11 is 0. The van der Waals surface area contributed by atoms with Crippen LogP contribution in [0.4, 0.5) is 11.4 Å². The minimum Gasteiger partial charge on any atom is -0.342 e. The molecule has 2 aromatic rings. The Kier molecular flexibility index (Phi) is 3.91. The van der Waals surface area contributed by atoms with Crippen LogP contribution in [0.3, 0.4) is 0 Å². The van der Waals surface area contributed by atoms with Gasteiger partial charge in [0.1, 0.15) is 0 Å². The summed E-state index contributed by atoms with van der Waals surface area (Å²) in [6.45, 7) is 17.2. The van der Waals surface area contributed by atoms with Gasteiger partial charge in [-0.3, -0.25) is 0 Å². The van der Waals surface area contributed by atoms with Crippen molar-refractivity contribution in [1.82, 2.24) is 0 Å². The quantitative estimate of drug-likeness (QED) is 0.639. The lowest BCUT2D eigenvalue weighted by Gasteiger charge is -2.36. The highest BCUT2D eigenvalue weighted by molar-refractivity contribution is 7.85. The molecular formula is C21H27NOS. The van der Waals surface area contributed by atoms with E-state index < -0.39 is 10.8 Å². The first-order valence-electron chi connectivity index (χ1n) is 8.47. The Morgan fingerprint density at radius 2 is 0.833 bits per heavy atom. The van der Waals surface area contributed by atoms with Gasteiger partial charge < -0.3 is 4.90 Å². The van der Waals surface area contributed by atoms with Gasteiger partial charge in [0.05, 0.1) is 32.0 Å². The topological polar surface area (TPSA) is 20.3 Å². The lowest BCUT2D eigenvalue weighted by atomic mass is 9.94. The van der Waals surface area contributed by atoms with E-state index in [2.05, 4.69) is 67.3 Å². The van der Waals surface area contributed by atoms with E-state index in [9.17, 15) is 4.21 Å². The molecule has 1 aliphatic rings. The average molecular weight is 342 g/mol. The third-order valence-electron chi connectivity index (χ3n) is 6.24. The van der Waals surface area contributed by atoms with E-state index in [1.165, 1.54) is 44.5 Å². The first-order chi connectivity index (χ1) is 11.1. The molecule has 0 radical (unpaired) electrons. The van der Waals surface area contributed by atoms with Crippen molar-refractivity contribution in [3.05, 3.63) is 44.5 Å². The Morgan fingerprint density at radius 1 is 0.542 bits per heavy atom. The fraction of sp³-hybridized carbons (Fsp3) is 0.429. The van der Waals surface area contributed by atoms with E-state index in [1.54, 1.807) is 0 Å². The highest BCUT2D eigenvalue weighted by atomic mass is 32.2. The molecule has 0 atom stereocenters. The van der Waals surface area contributed by atoms with E-state index in [4.69, 9.17) is 0 Å². The van der Waals surface area contributed by atoms with Gasteiger partial charge in [0.15, 0.2) is 0 Å². The molecule has 0 unspecified atom stereocenters.